The van der Waals surface area contributed by atoms with E-state index in [9.17, 15) is 9.59 Å². The van der Waals surface area contributed by atoms with Crippen molar-refractivity contribution in [3.05, 3.63) is 12.2 Å². The minimum Gasteiger partial charge on any atom is -0.466 e. The molecule has 70 valence electrons. The fraction of sp³-hybridized carbons (Fsp3) is 0.333. The normalized spacial score (nSPS) is 11.8. The van der Waals surface area contributed by atoms with Gasteiger partial charge in [-0.2, -0.15) is 0 Å². The highest BCUT2D eigenvalue weighted by Crippen LogP contribution is 1.81. The van der Waals surface area contributed by atoms with Crippen LogP contribution in [-0.2, 0) is 14.3 Å². The van der Waals surface area contributed by atoms with Gasteiger partial charge in [0.05, 0.1) is 13.2 Å². The van der Waals surface area contributed by atoms with Gasteiger partial charge >= 0.3 is 5.97 Å². The smallest absolute Gasteiger partial charge is 0.330 e. The van der Waals surface area contributed by atoms with Crippen molar-refractivity contribution in [2.24, 2.45) is 0 Å². The van der Waals surface area contributed by atoms with Gasteiger partial charge in [-0.1, -0.05) is 5.92 Å². The zero-order chi connectivity index (χ0) is 10.3. The molecule has 0 aliphatic rings. The highest BCUT2D eigenvalue weighted by atomic mass is 16.5. The van der Waals surface area contributed by atoms with Crippen LogP contribution in [-0.4, -0.2) is 25.0 Å². The molecule has 0 rings (SSSR count). The zero-order valence-corrected chi connectivity index (χ0v) is 7.53. The van der Waals surface area contributed by atoms with Crippen LogP contribution in [0.1, 0.15) is 6.92 Å². The van der Waals surface area contributed by atoms with Crippen LogP contribution in [0.25, 0.3) is 0 Å². The van der Waals surface area contributed by atoms with E-state index >= 15 is 0 Å². The van der Waals surface area contributed by atoms with Gasteiger partial charge in [0.15, 0.2) is 0 Å². The van der Waals surface area contributed by atoms with Gasteiger partial charge in [0, 0.05) is 12.2 Å². The molecule has 0 fully saturated rings. The highest BCUT2D eigenvalue weighted by Gasteiger charge is 2.00. The van der Waals surface area contributed by atoms with E-state index in [1.165, 1.54) is 7.11 Å². The lowest BCUT2D eigenvalue weighted by atomic mass is 10.3. The topological polar surface area (TPSA) is 55.4 Å². The highest BCUT2D eigenvalue weighted by molar-refractivity contribution is 5.94. The summed E-state index contributed by atoms with van der Waals surface area (Å²) in [7, 11) is 1.23. The molecule has 0 spiro atoms. The monoisotopic (exact) mass is 181 g/mol. The predicted molar refractivity (Wildman–Crippen MR) is 47.6 cm³/mol. The minimum atomic E-state index is -0.580. The third-order valence-electron chi connectivity index (χ3n) is 1.18. The molecule has 4 nitrogen and oxygen atoms in total. The molecule has 4 heteroatoms. The Balaban J connectivity index is 3.96. The van der Waals surface area contributed by atoms with Crippen LogP contribution in [0.15, 0.2) is 12.2 Å². The molecule has 0 aliphatic heterocycles. The summed E-state index contributed by atoms with van der Waals surface area (Å²) in [6.45, 7) is 1.66. The first kappa shape index (κ1) is 11.2. The summed E-state index contributed by atoms with van der Waals surface area (Å²) < 4.78 is 4.29. The van der Waals surface area contributed by atoms with E-state index in [2.05, 4.69) is 16.0 Å². The van der Waals surface area contributed by atoms with Crippen molar-refractivity contribution in [1.82, 2.24) is 5.32 Å². The summed E-state index contributed by atoms with van der Waals surface area (Å²) in [5, 5.41) is 2.44. The van der Waals surface area contributed by atoms with Gasteiger partial charge in [-0.3, -0.25) is 4.79 Å². The van der Waals surface area contributed by atoms with Gasteiger partial charge in [-0.05, 0) is 6.92 Å². The summed E-state index contributed by atoms with van der Waals surface area (Å²) in [6.07, 6.45) is 7.12. The Morgan fingerprint density at radius 3 is 2.62 bits per heavy atom. The molecule has 0 saturated carbocycles. The van der Waals surface area contributed by atoms with E-state index in [0.29, 0.717) is 0 Å². The largest absolute Gasteiger partial charge is 0.466 e. The average Bonchev–Trinajstić information content (AvgIpc) is 2.13. The fourth-order valence-corrected chi connectivity index (χ4v) is 0.515. The van der Waals surface area contributed by atoms with E-state index in [0.717, 1.165) is 12.2 Å². The standard InChI is InChI=1S/C9H11NO3/c1-4-7(2)10-8(11)5-6-9(12)13-3/h1,5-7H,2-3H3,(H,10,11)/b6-5-. The van der Waals surface area contributed by atoms with Crippen LogP contribution in [0.5, 0.6) is 0 Å². The molecule has 0 aromatic rings. The van der Waals surface area contributed by atoms with Gasteiger partial charge in [-0.25, -0.2) is 4.79 Å². The number of carbonyl (C=O) groups excluding carboxylic acids is 2. The Labute approximate surface area is 77.0 Å². The van der Waals surface area contributed by atoms with Gasteiger partial charge in [0.25, 0.3) is 0 Å². The quantitative estimate of drug-likeness (QED) is 0.374. The molecular weight excluding hydrogens is 170 g/mol. The minimum absolute atomic E-state index is 0.352. The van der Waals surface area contributed by atoms with E-state index in [1.807, 2.05) is 0 Å². The molecule has 0 saturated heterocycles. The van der Waals surface area contributed by atoms with Crippen LogP contribution >= 0.6 is 0 Å². The van der Waals surface area contributed by atoms with Crippen molar-refractivity contribution in [2.75, 3.05) is 7.11 Å². The second kappa shape index (κ2) is 5.84. The first-order valence-electron chi connectivity index (χ1n) is 3.62. The number of ether oxygens (including phenoxy) is 1. The van der Waals surface area contributed by atoms with E-state index in [1.54, 1.807) is 6.92 Å². The summed E-state index contributed by atoms with van der Waals surface area (Å²) in [5.41, 5.74) is 0. The Bertz CT molecular complexity index is 263. The number of nitrogens with one attached hydrogen (secondary N) is 1. The third kappa shape index (κ3) is 5.50. The lowest BCUT2D eigenvalue weighted by Gasteiger charge is -2.02. The average molecular weight is 181 g/mol. The fourth-order valence-electron chi connectivity index (χ4n) is 0.515. The summed E-state index contributed by atoms with van der Waals surface area (Å²) in [4.78, 5) is 21.5. The van der Waals surface area contributed by atoms with Crippen LogP contribution in [0, 0.1) is 12.3 Å². The lowest BCUT2D eigenvalue weighted by molar-refractivity contribution is -0.135. The number of hydrogen-bond acceptors (Lipinski definition) is 3. The molecule has 1 N–H and O–H groups in total. The van der Waals surface area contributed by atoms with Crippen molar-refractivity contribution in [3.63, 3.8) is 0 Å². The maximum absolute atomic E-state index is 10.9. The predicted octanol–water partition coefficient (Wildman–Crippen LogP) is -0.147. The summed E-state index contributed by atoms with van der Waals surface area (Å²) in [6, 6.07) is -0.352. The second-order valence-electron chi connectivity index (χ2n) is 2.25. The van der Waals surface area contributed by atoms with Crippen molar-refractivity contribution >= 4 is 11.9 Å². The molecule has 0 aromatic heterocycles. The zero-order valence-electron chi connectivity index (χ0n) is 7.53. The Morgan fingerprint density at radius 1 is 1.54 bits per heavy atom. The summed E-state index contributed by atoms with van der Waals surface area (Å²) in [5.74, 6) is 1.31. The Hall–Kier alpha value is -1.76. The maximum Gasteiger partial charge on any atom is 0.330 e. The first-order chi connectivity index (χ1) is 6.10. The Kier molecular flexibility index (Phi) is 5.05. The molecule has 0 aromatic carbocycles. The maximum atomic E-state index is 10.9. The van der Waals surface area contributed by atoms with Gasteiger partial charge in [0.2, 0.25) is 5.91 Å². The van der Waals surface area contributed by atoms with E-state index in [-0.39, 0.29) is 6.04 Å². The number of esters is 1. The second-order valence-corrected chi connectivity index (χ2v) is 2.25. The molecule has 0 heterocycles. The SMILES string of the molecule is C#CC(C)NC(=O)/C=C\C(=O)OC. The van der Waals surface area contributed by atoms with Crippen molar-refractivity contribution in [2.45, 2.75) is 13.0 Å². The van der Waals surface area contributed by atoms with Gasteiger partial charge < -0.3 is 10.1 Å². The number of carbonyl (C=O) groups is 2. The number of rotatable bonds is 3. The van der Waals surface area contributed by atoms with Crippen LogP contribution in [0.3, 0.4) is 0 Å². The third-order valence-corrected chi connectivity index (χ3v) is 1.18. The first-order valence-corrected chi connectivity index (χ1v) is 3.62. The molecular formula is C9H11NO3. The molecule has 1 atom stereocenters. The van der Waals surface area contributed by atoms with Crippen LogP contribution in [0.4, 0.5) is 0 Å². The molecule has 0 aliphatic carbocycles. The van der Waals surface area contributed by atoms with Crippen molar-refractivity contribution < 1.29 is 14.3 Å². The lowest BCUT2D eigenvalue weighted by Crippen LogP contribution is -2.29. The van der Waals surface area contributed by atoms with E-state index < -0.39 is 11.9 Å². The molecule has 1 unspecified atom stereocenters. The summed E-state index contributed by atoms with van der Waals surface area (Å²) >= 11 is 0. The van der Waals surface area contributed by atoms with Crippen LogP contribution < -0.4 is 5.32 Å². The van der Waals surface area contributed by atoms with Crippen molar-refractivity contribution in [1.29, 1.82) is 0 Å². The number of methoxy groups -OCH3 is 1. The number of hydrogen-bond donors (Lipinski definition) is 1. The Morgan fingerprint density at radius 2 is 2.15 bits per heavy atom. The number of amides is 1. The van der Waals surface area contributed by atoms with Crippen LogP contribution in [0.2, 0.25) is 0 Å². The van der Waals surface area contributed by atoms with Gasteiger partial charge in [-0.15, -0.1) is 6.42 Å². The molecule has 1 amide bonds. The molecule has 0 bridgehead atoms. The van der Waals surface area contributed by atoms with E-state index in [4.69, 9.17) is 6.42 Å². The molecule has 0 radical (unpaired) electrons. The van der Waals surface area contributed by atoms with Crippen molar-refractivity contribution in [3.8, 4) is 12.3 Å². The number of terminal acetylenes is 1. The van der Waals surface area contributed by atoms with Gasteiger partial charge in [0.1, 0.15) is 0 Å². The molecule has 13 heavy (non-hydrogen) atoms.